The summed E-state index contributed by atoms with van der Waals surface area (Å²) < 4.78 is 17.9. The summed E-state index contributed by atoms with van der Waals surface area (Å²) in [6.45, 7) is 2.81. The fourth-order valence-corrected chi connectivity index (χ4v) is 7.84. The Balaban J connectivity index is 0.904. The first kappa shape index (κ1) is 34.3. The summed E-state index contributed by atoms with van der Waals surface area (Å²) in [5.74, 6) is -2.65. The number of benzene rings is 1. The van der Waals surface area contributed by atoms with E-state index in [1.54, 1.807) is 31.4 Å². The van der Waals surface area contributed by atoms with Crippen molar-refractivity contribution in [2.24, 2.45) is 0 Å². The second-order valence-corrected chi connectivity index (χ2v) is 14.2. The Labute approximate surface area is 304 Å². The number of imide groups is 2. The van der Waals surface area contributed by atoms with E-state index in [0.29, 0.717) is 43.6 Å². The summed E-state index contributed by atoms with van der Waals surface area (Å²) in [7, 11) is 3.50. The molecular weight excluding hydrogens is 683 g/mol. The number of hydrogen-bond acceptors (Lipinski definition) is 11. The van der Waals surface area contributed by atoms with Crippen molar-refractivity contribution in [1.29, 1.82) is 0 Å². The van der Waals surface area contributed by atoms with Crippen LogP contribution in [0.15, 0.2) is 42.7 Å². The van der Waals surface area contributed by atoms with E-state index >= 15 is 4.39 Å². The molecule has 6 heterocycles. The second kappa shape index (κ2) is 13.7. The molecule has 3 fully saturated rings. The number of rotatable bonds is 8. The fourth-order valence-electron chi connectivity index (χ4n) is 7.84. The summed E-state index contributed by atoms with van der Waals surface area (Å²) in [5, 5.41) is 6.17. The van der Waals surface area contributed by atoms with Gasteiger partial charge in [0, 0.05) is 76.4 Å². The maximum absolute atomic E-state index is 15.8. The Hall–Kier alpha value is -5.77. The zero-order chi connectivity index (χ0) is 37.0. The van der Waals surface area contributed by atoms with Gasteiger partial charge in [-0.15, -0.1) is 0 Å². The molecule has 1 unspecified atom stereocenters. The first-order valence-electron chi connectivity index (χ1n) is 17.9. The van der Waals surface area contributed by atoms with Gasteiger partial charge in [-0.25, -0.2) is 14.4 Å². The maximum atomic E-state index is 15.8. The van der Waals surface area contributed by atoms with Gasteiger partial charge >= 0.3 is 0 Å². The van der Waals surface area contributed by atoms with Crippen LogP contribution in [0.5, 0.6) is 0 Å². The van der Waals surface area contributed by atoms with Crippen LogP contribution in [0.3, 0.4) is 0 Å². The molecule has 3 aliphatic heterocycles. The van der Waals surface area contributed by atoms with Gasteiger partial charge < -0.3 is 19.7 Å². The van der Waals surface area contributed by atoms with Crippen LogP contribution in [0.25, 0.3) is 11.0 Å². The van der Waals surface area contributed by atoms with Crippen LogP contribution in [0.4, 0.5) is 21.8 Å². The highest BCUT2D eigenvalue weighted by Gasteiger charge is 2.46. The van der Waals surface area contributed by atoms with E-state index in [1.165, 1.54) is 12.1 Å². The zero-order valence-electron chi connectivity index (χ0n) is 29.5. The third-order valence-electron chi connectivity index (χ3n) is 10.6. The summed E-state index contributed by atoms with van der Waals surface area (Å²) in [4.78, 5) is 83.8. The van der Waals surface area contributed by atoms with Crippen LogP contribution in [-0.2, 0) is 16.1 Å². The molecule has 16 heteroatoms. The van der Waals surface area contributed by atoms with Gasteiger partial charge in [-0.3, -0.25) is 39.1 Å². The van der Waals surface area contributed by atoms with Gasteiger partial charge in [-0.2, -0.15) is 4.98 Å². The molecule has 4 aliphatic rings. The molecule has 3 aromatic heterocycles. The van der Waals surface area contributed by atoms with Crippen molar-refractivity contribution in [2.45, 2.75) is 57.2 Å². The molecule has 0 radical (unpaired) electrons. The summed E-state index contributed by atoms with van der Waals surface area (Å²) in [6, 6.07) is 7.73. The number of hydrogen-bond donors (Lipinski definition) is 2. The highest BCUT2D eigenvalue weighted by molar-refractivity contribution is 6.23. The van der Waals surface area contributed by atoms with Crippen molar-refractivity contribution in [2.75, 3.05) is 50.5 Å². The number of aromatic nitrogens is 4. The molecular formula is C37H39FN10O5. The van der Waals surface area contributed by atoms with Crippen molar-refractivity contribution in [3.8, 4) is 0 Å². The first-order chi connectivity index (χ1) is 25.6. The lowest BCUT2D eigenvalue weighted by Gasteiger charge is -2.36. The lowest BCUT2D eigenvalue weighted by atomic mass is 10.0. The van der Waals surface area contributed by atoms with Gasteiger partial charge in [0.25, 0.3) is 17.7 Å². The fraction of sp³-hybridized carbons (Fsp3) is 0.405. The Bertz CT molecular complexity index is 2150. The van der Waals surface area contributed by atoms with E-state index in [9.17, 15) is 24.0 Å². The number of pyridine rings is 1. The molecule has 8 rings (SSSR count). The van der Waals surface area contributed by atoms with Crippen molar-refractivity contribution >= 4 is 58.0 Å². The van der Waals surface area contributed by atoms with E-state index < -0.39 is 35.5 Å². The summed E-state index contributed by atoms with van der Waals surface area (Å²) >= 11 is 0. The predicted molar refractivity (Wildman–Crippen MR) is 191 cm³/mol. The van der Waals surface area contributed by atoms with Crippen molar-refractivity contribution < 1.29 is 28.4 Å². The topological polar surface area (TPSA) is 166 Å². The number of amides is 5. The van der Waals surface area contributed by atoms with Gasteiger partial charge in [0.1, 0.15) is 29.0 Å². The Morgan fingerprint density at radius 2 is 1.74 bits per heavy atom. The average molecular weight is 723 g/mol. The third kappa shape index (κ3) is 6.26. The maximum Gasteiger partial charge on any atom is 0.270 e. The number of carbonyl (C=O) groups excluding carboxylic acids is 5. The lowest BCUT2D eigenvalue weighted by molar-refractivity contribution is -0.136. The molecule has 2 saturated heterocycles. The Kier molecular flexibility index (Phi) is 8.84. The van der Waals surface area contributed by atoms with Gasteiger partial charge in [0.15, 0.2) is 0 Å². The minimum absolute atomic E-state index is 0.00603. The molecule has 15 nitrogen and oxygen atoms in total. The number of piperazine rings is 1. The van der Waals surface area contributed by atoms with E-state index in [-0.39, 0.29) is 48.0 Å². The number of anilines is 3. The van der Waals surface area contributed by atoms with Gasteiger partial charge in [-0.05, 0) is 43.5 Å². The van der Waals surface area contributed by atoms with Gasteiger partial charge in [-0.1, -0.05) is 18.9 Å². The minimum Gasteiger partial charge on any atom is -0.368 e. The molecule has 1 atom stereocenters. The van der Waals surface area contributed by atoms with E-state index in [4.69, 9.17) is 4.98 Å². The molecule has 1 aromatic carbocycles. The standard InChI is InChI=1S/C37H39FN10O5/c1-44(2)35(52)27-17-22-18-40-37(43-32(22)47(27)23-5-3-4-6-23)41-28-11-8-24(19-39-28)46-15-13-45(14-16-46)20-21-7-9-25-30(31(21)38)36(53)48(34(25)51)26-10-12-29(49)42-33(26)50/h7-9,11,17-19,23,26H,3-6,10,12-16,20H2,1-2H3,(H,42,49,50)(H,39,40,41,43). The van der Waals surface area contributed by atoms with Gasteiger partial charge in [0.05, 0.1) is 23.0 Å². The minimum atomic E-state index is -1.15. The molecule has 0 spiro atoms. The zero-order valence-corrected chi connectivity index (χ0v) is 29.5. The molecule has 1 aliphatic carbocycles. The highest BCUT2D eigenvalue weighted by Crippen LogP contribution is 2.35. The highest BCUT2D eigenvalue weighted by atomic mass is 19.1. The quantitative estimate of drug-likeness (QED) is 0.257. The molecule has 0 bridgehead atoms. The van der Waals surface area contributed by atoms with Crippen molar-refractivity contribution in [1.82, 2.24) is 39.5 Å². The third-order valence-corrected chi connectivity index (χ3v) is 10.6. The van der Waals surface area contributed by atoms with E-state index in [0.717, 1.165) is 47.3 Å². The smallest absolute Gasteiger partial charge is 0.270 e. The van der Waals surface area contributed by atoms with Crippen LogP contribution in [0.1, 0.15) is 81.3 Å². The number of nitrogens with zero attached hydrogens (tertiary/aromatic N) is 8. The number of fused-ring (bicyclic) bond motifs is 2. The Morgan fingerprint density at radius 1 is 0.962 bits per heavy atom. The van der Waals surface area contributed by atoms with Crippen LogP contribution < -0.4 is 15.5 Å². The van der Waals surface area contributed by atoms with Gasteiger partial charge in [0.2, 0.25) is 17.8 Å². The molecule has 274 valence electrons. The van der Waals surface area contributed by atoms with Crippen LogP contribution in [-0.4, -0.2) is 110 Å². The number of halogens is 1. The normalized spacial score (nSPS) is 19.6. The predicted octanol–water partition coefficient (Wildman–Crippen LogP) is 3.25. The lowest BCUT2D eigenvalue weighted by Crippen LogP contribution is -2.54. The van der Waals surface area contributed by atoms with Crippen LogP contribution in [0, 0.1) is 5.82 Å². The average Bonchev–Trinajstić information content (AvgIpc) is 3.87. The van der Waals surface area contributed by atoms with Crippen molar-refractivity contribution in [3.05, 3.63) is 70.9 Å². The molecule has 4 aromatic rings. The molecule has 2 N–H and O–H groups in total. The van der Waals surface area contributed by atoms with E-state index in [1.807, 2.05) is 18.2 Å². The van der Waals surface area contributed by atoms with Crippen LogP contribution >= 0.6 is 0 Å². The Morgan fingerprint density at radius 3 is 2.43 bits per heavy atom. The monoisotopic (exact) mass is 722 g/mol. The molecule has 53 heavy (non-hydrogen) atoms. The number of piperidine rings is 1. The summed E-state index contributed by atoms with van der Waals surface area (Å²) in [6.07, 6.45) is 7.76. The van der Waals surface area contributed by atoms with Crippen LogP contribution in [0.2, 0.25) is 0 Å². The largest absolute Gasteiger partial charge is 0.368 e. The molecule has 1 saturated carbocycles. The second-order valence-electron chi connectivity index (χ2n) is 14.2. The van der Waals surface area contributed by atoms with Crippen molar-refractivity contribution in [3.63, 3.8) is 0 Å². The van der Waals surface area contributed by atoms with E-state index in [2.05, 4.69) is 35.0 Å². The number of nitrogens with one attached hydrogen (secondary N) is 2. The summed E-state index contributed by atoms with van der Waals surface area (Å²) in [5.41, 5.74) is 2.16. The molecule has 5 amide bonds. The first-order valence-corrected chi connectivity index (χ1v) is 17.9. The number of carbonyl (C=O) groups is 5. The SMILES string of the molecule is CN(C)C(=O)c1cc2cnc(Nc3ccc(N4CCN(Cc5ccc6c(c5F)C(=O)N(C5CCC(=O)NC5=O)C6=O)CC4)cn3)nc2n1C1CCCC1.